The molecule has 1 aliphatic rings. The van der Waals surface area contributed by atoms with Crippen LogP contribution < -0.4 is 5.43 Å². The van der Waals surface area contributed by atoms with Gasteiger partial charge in [0.2, 0.25) is 5.43 Å². The molecular weight excluding hydrogens is 397 g/mol. The van der Waals surface area contributed by atoms with Gasteiger partial charge in [-0.25, -0.2) is 9.07 Å². The molecule has 6 nitrogen and oxygen atoms in total. The van der Waals surface area contributed by atoms with Gasteiger partial charge < -0.3 is 9.32 Å². The minimum Gasteiger partial charge on any atom is -0.464 e. The summed E-state index contributed by atoms with van der Waals surface area (Å²) in [4.78, 5) is 27.9. The van der Waals surface area contributed by atoms with Crippen molar-refractivity contribution in [1.82, 2.24) is 14.7 Å². The molecule has 1 atom stereocenters. The second-order valence-electron chi connectivity index (χ2n) is 7.88. The Kier molecular flexibility index (Phi) is 6.02. The Morgan fingerprint density at radius 3 is 2.74 bits per heavy atom. The molecule has 1 saturated heterocycles. The number of amides is 1. The molecule has 0 radical (unpaired) electrons. The second-order valence-corrected chi connectivity index (χ2v) is 7.88. The van der Waals surface area contributed by atoms with E-state index in [4.69, 9.17) is 4.42 Å². The Balaban J connectivity index is 1.75. The van der Waals surface area contributed by atoms with Crippen LogP contribution in [0.25, 0.3) is 5.69 Å². The van der Waals surface area contributed by atoms with Crippen molar-refractivity contribution < 1.29 is 13.6 Å². The third kappa shape index (κ3) is 4.17. The number of carbonyl (C=O) groups is 1. The molecule has 1 aliphatic heterocycles. The maximum Gasteiger partial charge on any atom is 0.279 e. The van der Waals surface area contributed by atoms with Crippen LogP contribution >= 0.6 is 0 Å². The van der Waals surface area contributed by atoms with Crippen LogP contribution in [0, 0.1) is 12.7 Å². The highest BCUT2D eigenvalue weighted by atomic mass is 19.1. The van der Waals surface area contributed by atoms with Gasteiger partial charge in [-0.1, -0.05) is 31.9 Å². The van der Waals surface area contributed by atoms with E-state index < -0.39 is 17.2 Å². The number of hydrogen-bond donors (Lipinski definition) is 0. The SMILES string of the molecule is CCc1ccc([C@H]2CCCCCN2C(=O)c2nn(-c3ccccc3F)c(C)cc2=O)o1. The van der Waals surface area contributed by atoms with Gasteiger partial charge in [-0.05, 0) is 44.0 Å². The van der Waals surface area contributed by atoms with E-state index in [-0.39, 0.29) is 17.4 Å². The van der Waals surface area contributed by atoms with Gasteiger partial charge in [0.15, 0.2) is 5.69 Å². The zero-order chi connectivity index (χ0) is 22.0. The minimum atomic E-state index is -0.476. The molecule has 0 saturated carbocycles. The molecule has 7 heteroatoms. The Bertz CT molecular complexity index is 1150. The van der Waals surface area contributed by atoms with Crippen LogP contribution in [0.2, 0.25) is 0 Å². The lowest BCUT2D eigenvalue weighted by Gasteiger charge is -2.28. The predicted molar refractivity (Wildman–Crippen MR) is 115 cm³/mol. The van der Waals surface area contributed by atoms with E-state index in [2.05, 4.69) is 5.10 Å². The molecule has 0 bridgehead atoms. The molecule has 0 spiro atoms. The van der Waals surface area contributed by atoms with Crippen LogP contribution in [0.1, 0.15) is 66.4 Å². The molecule has 3 heterocycles. The number of hydrogen-bond acceptors (Lipinski definition) is 4. The highest BCUT2D eigenvalue weighted by molar-refractivity contribution is 5.92. The summed E-state index contributed by atoms with van der Waals surface area (Å²) in [5.41, 5.74) is -0.0208. The summed E-state index contributed by atoms with van der Waals surface area (Å²) < 4.78 is 21.6. The number of benzene rings is 1. The Hall–Kier alpha value is -3.22. The number of rotatable bonds is 4. The minimum absolute atomic E-state index is 0.195. The van der Waals surface area contributed by atoms with Gasteiger partial charge in [-0.2, -0.15) is 5.10 Å². The molecule has 0 N–H and O–H groups in total. The molecule has 162 valence electrons. The first-order chi connectivity index (χ1) is 15.0. The topological polar surface area (TPSA) is 68.3 Å². The normalized spacial score (nSPS) is 16.9. The van der Waals surface area contributed by atoms with Crippen LogP contribution in [-0.4, -0.2) is 27.1 Å². The number of aromatic nitrogens is 2. The van der Waals surface area contributed by atoms with E-state index in [0.717, 1.165) is 43.6 Å². The maximum absolute atomic E-state index is 14.4. The Morgan fingerprint density at radius 1 is 1.19 bits per heavy atom. The first kappa shape index (κ1) is 21.0. The molecule has 1 aromatic carbocycles. The smallest absolute Gasteiger partial charge is 0.279 e. The zero-order valence-corrected chi connectivity index (χ0v) is 17.8. The van der Waals surface area contributed by atoms with Gasteiger partial charge in [-0.3, -0.25) is 9.59 Å². The average molecular weight is 423 g/mol. The largest absolute Gasteiger partial charge is 0.464 e. The average Bonchev–Trinajstić information content (AvgIpc) is 3.11. The molecule has 1 fully saturated rings. The molecule has 4 rings (SSSR count). The van der Waals surface area contributed by atoms with Gasteiger partial charge >= 0.3 is 0 Å². The van der Waals surface area contributed by atoms with Crippen molar-refractivity contribution in [2.45, 2.75) is 52.0 Å². The fourth-order valence-electron chi connectivity index (χ4n) is 4.11. The molecule has 0 unspecified atom stereocenters. The fraction of sp³-hybridized carbons (Fsp3) is 0.375. The van der Waals surface area contributed by atoms with Crippen LogP contribution in [0.3, 0.4) is 0 Å². The van der Waals surface area contributed by atoms with Crippen molar-refractivity contribution in [1.29, 1.82) is 0 Å². The fourth-order valence-corrected chi connectivity index (χ4v) is 4.11. The number of aryl methyl sites for hydroxylation is 2. The molecule has 1 amide bonds. The van der Waals surface area contributed by atoms with Crippen molar-refractivity contribution in [3.8, 4) is 5.69 Å². The molecule has 2 aromatic heterocycles. The van der Waals surface area contributed by atoms with Crippen LogP contribution in [-0.2, 0) is 6.42 Å². The summed E-state index contributed by atoms with van der Waals surface area (Å²) in [5.74, 6) is 0.669. The second kappa shape index (κ2) is 8.88. The molecular formula is C24H26FN3O3. The van der Waals surface area contributed by atoms with Crippen LogP contribution in [0.15, 0.2) is 51.7 Å². The first-order valence-corrected chi connectivity index (χ1v) is 10.7. The first-order valence-electron chi connectivity index (χ1n) is 10.7. The number of halogens is 1. The molecule has 3 aromatic rings. The highest BCUT2D eigenvalue weighted by Crippen LogP contribution is 2.32. The van der Waals surface area contributed by atoms with Crippen LogP contribution in [0.4, 0.5) is 4.39 Å². The zero-order valence-electron chi connectivity index (χ0n) is 17.8. The maximum atomic E-state index is 14.4. The third-order valence-electron chi connectivity index (χ3n) is 5.76. The van der Waals surface area contributed by atoms with Gasteiger partial charge in [0.05, 0.1) is 6.04 Å². The van der Waals surface area contributed by atoms with E-state index in [0.29, 0.717) is 12.2 Å². The quantitative estimate of drug-likeness (QED) is 0.615. The van der Waals surface area contributed by atoms with Gasteiger partial charge in [0.1, 0.15) is 23.0 Å². The van der Waals surface area contributed by atoms with E-state index >= 15 is 0 Å². The number of furan rings is 1. The Labute approximate surface area is 180 Å². The molecule has 31 heavy (non-hydrogen) atoms. The predicted octanol–water partition coefficient (Wildman–Crippen LogP) is 4.59. The highest BCUT2D eigenvalue weighted by Gasteiger charge is 2.32. The molecule has 0 aliphatic carbocycles. The van der Waals surface area contributed by atoms with E-state index in [1.165, 1.54) is 16.8 Å². The number of para-hydroxylation sites is 1. The summed E-state index contributed by atoms with van der Waals surface area (Å²) in [6, 6.07) is 11.1. The van der Waals surface area contributed by atoms with E-state index in [1.807, 2.05) is 19.1 Å². The third-order valence-corrected chi connectivity index (χ3v) is 5.76. The standard InChI is InChI=1S/C24H26FN3O3/c1-3-17-12-13-22(31-17)20-11-5-4-8-14-27(20)24(30)23-21(29)15-16(2)28(26-23)19-10-7-6-9-18(19)25/h6-7,9-10,12-13,15,20H,3-5,8,11,14H2,1-2H3/t20-/m1/s1. The number of nitrogens with zero attached hydrogens (tertiary/aromatic N) is 3. The van der Waals surface area contributed by atoms with E-state index in [1.54, 1.807) is 30.0 Å². The van der Waals surface area contributed by atoms with Crippen molar-refractivity contribution in [2.24, 2.45) is 0 Å². The number of likely N-dealkylation sites (tertiary alicyclic amines) is 1. The lowest BCUT2D eigenvalue weighted by atomic mass is 10.1. The summed E-state index contributed by atoms with van der Waals surface area (Å²) in [7, 11) is 0. The van der Waals surface area contributed by atoms with Crippen molar-refractivity contribution in [3.05, 3.63) is 81.4 Å². The number of carbonyl (C=O) groups excluding carboxylic acids is 1. The summed E-state index contributed by atoms with van der Waals surface area (Å²) >= 11 is 0. The van der Waals surface area contributed by atoms with Crippen LogP contribution in [0.5, 0.6) is 0 Å². The summed E-state index contributed by atoms with van der Waals surface area (Å²) in [6.45, 7) is 4.19. The van der Waals surface area contributed by atoms with Crippen molar-refractivity contribution in [3.63, 3.8) is 0 Å². The Morgan fingerprint density at radius 2 is 2.00 bits per heavy atom. The lowest BCUT2D eigenvalue weighted by molar-refractivity contribution is 0.0647. The van der Waals surface area contributed by atoms with E-state index in [9.17, 15) is 14.0 Å². The van der Waals surface area contributed by atoms with Gasteiger partial charge in [-0.15, -0.1) is 0 Å². The summed E-state index contributed by atoms with van der Waals surface area (Å²) in [5, 5.41) is 4.30. The van der Waals surface area contributed by atoms with Crippen molar-refractivity contribution in [2.75, 3.05) is 6.54 Å². The van der Waals surface area contributed by atoms with Gasteiger partial charge in [0.25, 0.3) is 5.91 Å². The van der Waals surface area contributed by atoms with Gasteiger partial charge in [0, 0.05) is 24.7 Å². The monoisotopic (exact) mass is 423 g/mol. The summed E-state index contributed by atoms with van der Waals surface area (Å²) in [6.07, 6.45) is 4.35. The lowest BCUT2D eigenvalue weighted by Crippen LogP contribution is -2.38. The van der Waals surface area contributed by atoms with Crippen molar-refractivity contribution >= 4 is 5.91 Å².